The normalized spacial score (nSPS) is 15.8. The van der Waals surface area contributed by atoms with Crippen molar-refractivity contribution in [1.82, 2.24) is 15.5 Å². The predicted molar refractivity (Wildman–Crippen MR) is 79.3 cm³/mol. The van der Waals surface area contributed by atoms with E-state index in [1.54, 1.807) is 19.2 Å². The highest BCUT2D eigenvalue weighted by Crippen LogP contribution is 2.12. The number of carbonyl (C=O) groups is 1. The van der Waals surface area contributed by atoms with E-state index < -0.39 is 0 Å². The molecule has 5 heteroatoms. The number of rotatable bonds is 6. The third-order valence-electron chi connectivity index (χ3n) is 3.48. The summed E-state index contributed by atoms with van der Waals surface area (Å²) in [5.41, 5.74) is 0.645. The zero-order valence-corrected chi connectivity index (χ0v) is 12.0. The lowest BCUT2D eigenvalue weighted by Crippen LogP contribution is -2.44. The fourth-order valence-electron chi connectivity index (χ4n) is 2.31. The molecule has 1 saturated heterocycles. The largest absolute Gasteiger partial charge is 0.497 e. The van der Waals surface area contributed by atoms with E-state index in [-0.39, 0.29) is 5.91 Å². The van der Waals surface area contributed by atoms with Gasteiger partial charge in [0.25, 0.3) is 5.91 Å². The second-order valence-electron chi connectivity index (χ2n) is 4.93. The van der Waals surface area contributed by atoms with Gasteiger partial charge in [-0.3, -0.25) is 4.79 Å². The van der Waals surface area contributed by atoms with Crippen molar-refractivity contribution < 1.29 is 9.53 Å². The first-order chi connectivity index (χ1) is 9.79. The van der Waals surface area contributed by atoms with Crippen molar-refractivity contribution in [3.05, 3.63) is 29.8 Å². The zero-order valence-electron chi connectivity index (χ0n) is 12.0. The Kier molecular flexibility index (Phi) is 5.83. The standard InChI is InChI=1S/C15H23N3O2/c1-20-14-5-2-4-13(12-14)15(19)17-6-3-9-18-10-7-16-8-11-18/h2,4-5,12,16H,3,6-11H2,1H3,(H,17,19). The van der Waals surface area contributed by atoms with Crippen LogP contribution in [0, 0.1) is 0 Å². The molecule has 2 rings (SSSR count). The monoisotopic (exact) mass is 277 g/mol. The minimum Gasteiger partial charge on any atom is -0.497 e. The molecular weight excluding hydrogens is 254 g/mol. The Balaban J connectivity index is 1.69. The van der Waals surface area contributed by atoms with Crippen LogP contribution in [0.2, 0.25) is 0 Å². The Bertz CT molecular complexity index is 431. The smallest absolute Gasteiger partial charge is 0.251 e. The molecular formula is C15H23N3O2. The maximum Gasteiger partial charge on any atom is 0.251 e. The van der Waals surface area contributed by atoms with Crippen molar-refractivity contribution >= 4 is 5.91 Å². The lowest BCUT2D eigenvalue weighted by molar-refractivity contribution is 0.0951. The first kappa shape index (κ1) is 14.8. The number of methoxy groups -OCH3 is 1. The molecule has 0 aromatic heterocycles. The number of benzene rings is 1. The first-order valence-electron chi connectivity index (χ1n) is 7.15. The van der Waals surface area contributed by atoms with Crippen LogP contribution in [-0.2, 0) is 0 Å². The number of nitrogens with zero attached hydrogens (tertiary/aromatic N) is 1. The Morgan fingerprint density at radius 2 is 2.20 bits per heavy atom. The molecule has 1 fully saturated rings. The maximum atomic E-state index is 12.0. The number of ether oxygens (including phenoxy) is 1. The summed E-state index contributed by atoms with van der Waals surface area (Å²) in [5.74, 6) is 0.669. The SMILES string of the molecule is COc1cccc(C(=O)NCCCN2CCNCC2)c1. The van der Waals surface area contributed by atoms with Gasteiger partial charge in [-0.05, 0) is 31.2 Å². The number of hydrogen-bond acceptors (Lipinski definition) is 4. The van der Waals surface area contributed by atoms with Gasteiger partial charge in [0, 0.05) is 38.3 Å². The van der Waals surface area contributed by atoms with E-state index in [1.807, 2.05) is 12.1 Å². The van der Waals surface area contributed by atoms with E-state index in [1.165, 1.54) is 0 Å². The average molecular weight is 277 g/mol. The number of amides is 1. The molecule has 5 nitrogen and oxygen atoms in total. The van der Waals surface area contributed by atoms with Crippen LogP contribution < -0.4 is 15.4 Å². The van der Waals surface area contributed by atoms with Crippen molar-refractivity contribution in [3.8, 4) is 5.75 Å². The molecule has 1 aromatic carbocycles. The van der Waals surface area contributed by atoms with Crippen molar-refractivity contribution in [1.29, 1.82) is 0 Å². The quantitative estimate of drug-likeness (QED) is 0.752. The average Bonchev–Trinajstić information content (AvgIpc) is 2.52. The molecule has 1 heterocycles. The van der Waals surface area contributed by atoms with Crippen LogP contribution in [0.4, 0.5) is 0 Å². The van der Waals surface area contributed by atoms with E-state index in [9.17, 15) is 4.79 Å². The van der Waals surface area contributed by atoms with Gasteiger partial charge in [0.2, 0.25) is 0 Å². The summed E-state index contributed by atoms with van der Waals surface area (Å²) in [6.07, 6.45) is 0.982. The summed E-state index contributed by atoms with van der Waals surface area (Å²) in [7, 11) is 1.60. The highest BCUT2D eigenvalue weighted by Gasteiger charge is 2.09. The van der Waals surface area contributed by atoms with Gasteiger partial charge in [-0.1, -0.05) is 6.07 Å². The summed E-state index contributed by atoms with van der Waals surface area (Å²) in [6.45, 7) is 6.08. The van der Waals surface area contributed by atoms with Gasteiger partial charge < -0.3 is 20.3 Å². The third kappa shape index (κ3) is 4.51. The molecule has 20 heavy (non-hydrogen) atoms. The lowest BCUT2D eigenvalue weighted by Gasteiger charge is -2.27. The van der Waals surface area contributed by atoms with E-state index in [4.69, 9.17) is 4.74 Å². The lowest BCUT2D eigenvalue weighted by atomic mass is 10.2. The van der Waals surface area contributed by atoms with Gasteiger partial charge in [-0.2, -0.15) is 0 Å². The van der Waals surface area contributed by atoms with E-state index >= 15 is 0 Å². The number of carbonyl (C=O) groups excluding carboxylic acids is 1. The van der Waals surface area contributed by atoms with E-state index in [2.05, 4.69) is 15.5 Å². The number of nitrogens with one attached hydrogen (secondary N) is 2. The predicted octanol–water partition coefficient (Wildman–Crippen LogP) is 0.720. The van der Waals surface area contributed by atoms with Crippen molar-refractivity contribution in [2.24, 2.45) is 0 Å². The van der Waals surface area contributed by atoms with Gasteiger partial charge in [0.05, 0.1) is 7.11 Å². The Morgan fingerprint density at radius 1 is 1.40 bits per heavy atom. The third-order valence-corrected chi connectivity index (χ3v) is 3.48. The van der Waals surface area contributed by atoms with Gasteiger partial charge in [0.15, 0.2) is 0 Å². The molecule has 0 spiro atoms. The van der Waals surface area contributed by atoms with Crippen molar-refractivity contribution in [2.45, 2.75) is 6.42 Å². The van der Waals surface area contributed by atoms with Gasteiger partial charge >= 0.3 is 0 Å². The molecule has 1 aliphatic heterocycles. The highest BCUT2D eigenvalue weighted by molar-refractivity contribution is 5.94. The van der Waals surface area contributed by atoms with Crippen LogP contribution >= 0.6 is 0 Å². The molecule has 110 valence electrons. The topological polar surface area (TPSA) is 53.6 Å². The van der Waals surface area contributed by atoms with E-state index in [0.29, 0.717) is 17.9 Å². The first-order valence-corrected chi connectivity index (χ1v) is 7.15. The highest BCUT2D eigenvalue weighted by atomic mass is 16.5. The molecule has 1 aromatic rings. The minimum atomic E-state index is -0.0378. The summed E-state index contributed by atoms with van der Waals surface area (Å²) < 4.78 is 5.12. The molecule has 0 saturated carbocycles. The Morgan fingerprint density at radius 3 is 2.95 bits per heavy atom. The van der Waals surface area contributed by atoms with Crippen molar-refractivity contribution in [3.63, 3.8) is 0 Å². The second kappa shape index (κ2) is 7.87. The summed E-state index contributed by atoms with van der Waals surface area (Å²) in [5, 5.41) is 6.29. The molecule has 0 atom stereocenters. The van der Waals surface area contributed by atoms with Crippen LogP contribution in [0.1, 0.15) is 16.8 Å². The van der Waals surface area contributed by atoms with Gasteiger partial charge in [-0.15, -0.1) is 0 Å². The Hall–Kier alpha value is -1.59. The van der Waals surface area contributed by atoms with Gasteiger partial charge in [0.1, 0.15) is 5.75 Å². The zero-order chi connectivity index (χ0) is 14.2. The molecule has 0 bridgehead atoms. The molecule has 0 unspecified atom stereocenters. The summed E-state index contributed by atoms with van der Waals surface area (Å²) >= 11 is 0. The second-order valence-corrected chi connectivity index (χ2v) is 4.93. The summed E-state index contributed by atoms with van der Waals surface area (Å²) in [4.78, 5) is 14.4. The molecule has 2 N–H and O–H groups in total. The molecule has 1 amide bonds. The van der Waals surface area contributed by atoms with Gasteiger partial charge in [-0.25, -0.2) is 0 Å². The van der Waals surface area contributed by atoms with E-state index in [0.717, 1.165) is 39.1 Å². The molecule has 1 aliphatic rings. The fraction of sp³-hybridized carbons (Fsp3) is 0.533. The minimum absolute atomic E-state index is 0.0378. The number of piperazine rings is 1. The van der Waals surface area contributed by atoms with Crippen LogP contribution in [0.3, 0.4) is 0 Å². The molecule has 0 aliphatic carbocycles. The Labute approximate surface area is 120 Å². The van der Waals surface area contributed by atoms with Crippen LogP contribution in [-0.4, -0.2) is 57.2 Å². The van der Waals surface area contributed by atoms with Crippen LogP contribution in [0.15, 0.2) is 24.3 Å². The number of hydrogen-bond donors (Lipinski definition) is 2. The van der Waals surface area contributed by atoms with Crippen LogP contribution in [0.5, 0.6) is 5.75 Å². The maximum absolute atomic E-state index is 12.0. The summed E-state index contributed by atoms with van der Waals surface area (Å²) in [6, 6.07) is 7.22. The fourth-order valence-corrected chi connectivity index (χ4v) is 2.31. The van der Waals surface area contributed by atoms with Crippen molar-refractivity contribution in [2.75, 3.05) is 46.4 Å². The van der Waals surface area contributed by atoms with Crippen LogP contribution in [0.25, 0.3) is 0 Å². The molecule has 0 radical (unpaired) electrons.